The summed E-state index contributed by atoms with van der Waals surface area (Å²) in [5.74, 6) is 0. The van der Waals surface area contributed by atoms with Crippen LogP contribution in [0, 0.1) is 6.92 Å². The van der Waals surface area contributed by atoms with Gasteiger partial charge in [-0.15, -0.1) is 0 Å². The van der Waals surface area contributed by atoms with Crippen molar-refractivity contribution in [3.8, 4) is 11.3 Å². The van der Waals surface area contributed by atoms with Crippen LogP contribution in [0.3, 0.4) is 0 Å². The van der Waals surface area contributed by atoms with Crippen LogP contribution < -0.4 is 0 Å². The highest BCUT2D eigenvalue weighted by atomic mass is 35.5. The lowest BCUT2D eigenvalue weighted by atomic mass is 10.1. The Morgan fingerprint density at radius 1 is 1.07 bits per heavy atom. The maximum Gasteiger partial charge on any atom is 0.0719 e. The topological polar surface area (TPSA) is 12.9 Å². The van der Waals surface area contributed by atoms with Gasteiger partial charge in [-0.1, -0.05) is 23.2 Å². The van der Waals surface area contributed by atoms with E-state index in [1.807, 2.05) is 31.2 Å². The van der Waals surface area contributed by atoms with Crippen molar-refractivity contribution in [2.75, 3.05) is 0 Å². The summed E-state index contributed by atoms with van der Waals surface area (Å²) >= 11 is 11.9. The van der Waals surface area contributed by atoms with Gasteiger partial charge in [0.2, 0.25) is 0 Å². The summed E-state index contributed by atoms with van der Waals surface area (Å²) in [6, 6.07) is 9.37. The molecule has 0 N–H and O–H groups in total. The first-order valence-electron chi connectivity index (χ1n) is 4.55. The Kier molecular flexibility index (Phi) is 2.94. The second-order valence-corrected chi connectivity index (χ2v) is 4.19. The van der Waals surface area contributed by atoms with Crippen molar-refractivity contribution in [1.82, 2.24) is 4.98 Å². The summed E-state index contributed by atoms with van der Waals surface area (Å²) in [6.45, 7) is 2.02. The van der Waals surface area contributed by atoms with Crippen LogP contribution in [-0.2, 0) is 0 Å². The molecule has 0 atom stereocenters. The average molecular weight is 238 g/mol. The number of halogens is 2. The SMILES string of the molecule is Cc1ccnc(-c2ccc(Cl)cc2Cl)c1. The van der Waals surface area contributed by atoms with E-state index in [2.05, 4.69) is 4.98 Å². The molecule has 0 radical (unpaired) electrons. The van der Waals surface area contributed by atoms with E-state index < -0.39 is 0 Å². The molecule has 0 spiro atoms. The van der Waals surface area contributed by atoms with E-state index in [-0.39, 0.29) is 0 Å². The highest BCUT2D eigenvalue weighted by molar-refractivity contribution is 6.36. The summed E-state index contributed by atoms with van der Waals surface area (Å²) in [4.78, 5) is 4.27. The predicted octanol–water partition coefficient (Wildman–Crippen LogP) is 4.36. The summed E-state index contributed by atoms with van der Waals surface area (Å²) < 4.78 is 0. The van der Waals surface area contributed by atoms with E-state index in [0.29, 0.717) is 10.0 Å². The molecule has 1 aromatic carbocycles. The molecule has 15 heavy (non-hydrogen) atoms. The molecule has 1 nitrogen and oxygen atoms in total. The minimum absolute atomic E-state index is 0.626. The number of rotatable bonds is 1. The molecular weight excluding hydrogens is 229 g/mol. The monoisotopic (exact) mass is 237 g/mol. The van der Waals surface area contributed by atoms with Crippen LogP contribution >= 0.6 is 23.2 Å². The first-order chi connectivity index (χ1) is 7.16. The maximum absolute atomic E-state index is 6.09. The minimum Gasteiger partial charge on any atom is -0.256 e. The zero-order valence-corrected chi connectivity index (χ0v) is 9.68. The Bertz CT molecular complexity index is 495. The molecule has 2 rings (SSSR count). The van der Waals surface area contributed by atoms with Gasteiger partial charge in [-0.05, 0) is 42.8 Å². The first-order valence-corrected chi connectivity index (χ1v) is 5.30. The standard InChI is InChI=1S/C12H9Cl2N/c1-8-4-5-15-12(6-8)10-3-2-9(13)7-11(10)14/h2-7H,1H3. The number of aromatic nitrogens is 1. The second kappa shape index (κ2) is 4.21. The molecule has 0 aliphatic rings. The van der Waals surface area contributed by atoms with Crippen molar-refractivity contribution in [1.29, 1.82) is 0 Å². The van der Waals surface area contributed by atoms with Gasteiger partial charge in [0.1, 0.15) is 0 Å². The number of pyridine rings is 1. The first kappa shape index (κ1) is 10.5. The van der Waals surface area contributed by atoms with Gasteiger partial charge >= 0.3 is 0 Å². The van der Waals surface area contributed by atoms with Crippen molar-refractivity contribution in [2.45, 2.75) is 6.92 Å². The molecule has 0 bridgehead atoms. The Balaban J connectivity index is 2.54. The lowest BCUT2D eigenvalue weighted by Gasteiger charge is -2.04. The van der Waals surface area contributed by atoms with Crippen molar-refractivity contribution >= 4 is 23.2 Å². The van der Waals surface area contributed by atoms with Gasteiger partial charge in [0.05, 0.1) is 10.7 Å². The number of benzene rings is 1. The number of nitrogens with zero attached hydrogens (tertiary/aromatic N) is 1. The maximum atomic E-state index is 6.09. The summed E-state index contributed by atoms with van der Waals surface area (Å²) in [6.07, 6.45) is 1.77. The smallest absolute Gasteiger partial charge is 0.0719 e. The van der Waals surface area contributed by atoms with E-state index in [9.17, 15) is 0 Å². The molecule has 1 aromatic heterocycles. The van der Waals surface area contributed by atoms with E-state index in [4.69, 9.17) is 23.2 Å². The van der Waals surface area contributed by atoms with Crippen molar-refractivity contribution < 1.29 is 0 Å². The molecule has 0 amide bonds. The third-order valence-electron chi connectivity index (χ3n) is 2.12. The molecule has 0 fully saturated rings. The predicted molar refractivity (Wildman–Crippen MR) is 64.4 cm³/mol. The van der Waals surface area contributed by atoms with Crippen LogP contribution in [0.2, 0.25) is 10.0 Å². The molecule has 0 saturated heterocycles. The highest BCUT2D eigenvalue weighted by Crippen LogP contribution is 2.29. The number of hydrogen-bond acceptors (Lipinski definition) is 1. The normalized spacial score (nSPS) is 10.3. The van der Waals surface area contributed by atoms with Crippen LogP contribution in [0.4, 0.5) is 0 Å². The number of hydrogen-bond donors (Lipinski definition) is 0. The molecule has 1 heterocycles. The third-order valence-corrected chi connectivity index (χ3v) is 2.67. The van der Waals surface area contributed by atoms with Crippen molar-refractivity contribution in [3.05, 3.63) is 52.1 Å². The summed E-state index contributed by atoms with van der Waals surface area (Å²) in [5, 5.41) is 1.26. The molecular formula is C12H9Cl2N. The molecule has 0 unspecified atom stereocenters. The second-order valence-electron chi connectivity index (χ2n) is 3.34. The van der Waals surface area contributed by atoms with Gasteiger partial charge in [-0.2, -0.15) is 0 Å². The van der Waals surface area contributed by atoms with Crippen molar-refractivity contribution in [2.24, 2.45) is 0 Å². The largest absolute Gasteiger partial charge is 0.256 e. The molecule has 3 heteroatoms. The molecule has 0 aliphatic heterocycles. The van der Waals surface area contributed by atoms with E-state index in [0.717, 1.165) is 16.8 Å². The van der Waals surface area contributed by atoms with Crippen LogP contribution in [0.25, 0.3) is 11.3 Å². The van der Waals surface area contributed by atoms with Crippen LogP contribution in [-0.4, -0.2) is 4.98 Å². The quantitative estimate of drug-likeness (QED) is 0.719. The molecule has 76 valence electrons. The van der Waals surface area contributed by atoms with Crippen LogP contribution in [0.5, 0.6) is 0 Å². The van der Waals surface area contributed by atoms with Gasteiger partial charge in [0.15, 0.2) is 0 Å². The third kappa shape index (κ3) is 2.31. The zero-order valence-electron chi connectivity index (χ0n) is 8.17. The Labute approximate surface area is 98.7 Å². The summed E-state index contributed by atoms with van der Waals surface area (Å²) in [7, 11) is 0. The van der Waals surface area contributed by atoms with Crippen LogP contribution in [0.15, 0.2) is 36.5 Å². The van der Waals surface area contributed by atoms with Gasteiger partial charge < -0.3 is 0 Å². The Morgan fingerprint density at radius 3 is 2.53 bits per heavy atom. The highest BCUT2D eigenvalue weighted by Gasteiger charge is 2.05. The average Bonchev–Trinajstić information content (AvgIpc) is 2.17. The molecule has 0 aliphatic carbocycles. The Hall–Kier alpha value is -1.05. The molecule has 0 saturated carbocycles. The van der Waals surface area contributed by atoms with Crippen molar-refractivity contribution in [3.63, 3.8) is 0 Å². The van der Waals surface area contributed by atoms with Gasteiger partial charge in [0.25, 0.3) is 0 Å². The lowest BCUT2D eigenvalue weighted by molar-refractivity contribution is 1.29. The van der Waals surface area contributed by atoms with Gasteiger partial charge in [-0.3, -0.25) is 4.98 Å². The van der Waals surface area contributed by atoms with Crippen LogP contribution in [0.1, 0.15) is 5.56 Å². The minimum atomic E-state index is 0.626. The van der Waals surface area contributed by atoms with Gasteiger partial charge in [-0.25, -0.2) is 0 Å². The Morgan fingerprint density at radius 2 is 1.87 bits per heavy atom. The zero-order chi connectivity index (χ0) is 10.8. The van der Waals surface area contributed by atoms with E-state index in [1.54, 1.807) is 12.3 Å². The number of aryl methyl sites for hydroxylation is 1. The van der Waals surface area contributed by atoms with Gasteiger partial charge in [0, 0.05) is 16.8 Å². The molecule has 2 aromatic rings. The fourth-order valence-electron chi connectivity index (χ4n) is 1.38. The fourth-order valence-corrected chi connectivity index (χ4v) is 1.89. The summed E-state index contributed by atoms with van der Waals surface area (Å²) in [5.41, 5.74) is 2.94. The van der Waals surface area contributed by atoms with E-state index >= 15 is 0 Å². The lowest BCUT2D eigenvalue weighted by Crippen LogP contribution is -1.85. The fraction of sp³-hybridized carbons (Fsp3) is 0.0833. The van der Waals surface area contributed by atoms with E-state index in [1.165, 1.54) is 0 Å².